The van der Waals surface area contributed by atoms with E-state index in [1.54, 1.807) is 67.0 Å². The Balaban J connectivity index is 1.61. The lowest BCUT2D eigenvalue weighted by molar-refractivity contribution is -0.141. The van der Waals surface area contributed by atoms with E-state index in [1.807, 2.05) is 0 Å². The van der Waals surface area contributed by atoms with Gasteiger partial charge in [0, 0.05) is 114 Å². The number of benzene rings is 3. The van der Waals surface area contributed by atoms with Crippen molar-refractivity contribution in [2.45, 2.75) is 189 Å². The van der Waals surface area contributed by atoms with Crippen molar-refractivity contribution >= 4 is 147 Å². The van der Waals surface area contributed by atoms with E-state index in [-0.39, 0.29) is 75.6 Å². The maximum absolute atomic E-state index is 14.6. The molecule has 48 nitrogen and oxygen atoms in total. The molecule has 0 bridgehead atoms. The lowest BCUT2D eigenvalue weighted by atomic mass is 10.0. The molecule has 1 aromatic heterocycles. The van der Waals surface area contributed by atoms with Crippen molar-refractivity contribution in [1.29, 1.82) is 0 Å². The maximum Gasteiger partial charge on any atom is 0.305 e. The minimum Gasteiger partial charge on any atom is -0.508 e. The zero-order valence-corrected chi connectivity index (χ0v) is 71.9. The molecule has 12 atom stereocenters. The molecule has 0 aliphatic rings. The molecule has 0 spiro atoms. The van der Waals surface area contributed by atoms with E-state index in [4.69, 9.17) is 17.2 Å². The number of phenolic OH excluding ortho intramolecular Hbond substituents is 1. The smallest absolute Gasteiger partial charge is 0.305 e. The normalized spacial score (nSPS) is 13.8. The van der Waals surface area contributed by atoms with Crippen LogP contribution in [0.1, 0.15) is 114 Å². The minimum absolute atomic E-state index is 0.0142. The van der Waals surface area contributed by atoms with Gasteiger partial charge < -0.3 is 143 Å². The van der Waals surface area contributed by atoms with Crippen LogP contribution in [0, 0.1) is 5.92 Å². The van der Waals surface area contributed by atoms with E-state index < -0.39 is 299 Å². The van der Waals surface area contributed by atoms with Crippen molar-refractivity contribution in [1.82, 2.24) is 84.7 Å². The molecule has 49 heteroatoms. The molecular weight excluding hydrogens is 1740 g/mol. The van der Waals surface area contributed by atoms with Crippen molar-refractivity contribution in [2.75, 3.05) is 57.8 Å². The van der Waals surface area contributed by atoms with Gasteiger partial charge in [0.1, 0.15) is 78.3 Å². The number of carbonyl (C=O) groups is 21. The van der Waals surface area contributed by atoms with Crippen LogP contribution in [-0.2, 0) is 120 Å². The number of rotatable bonds is 64. The summed E-state index contributed by atoms with van der Waals surface area (Å²) in [5.74, 6) is -28.5. The summed E-state index contributed by atoms with van der Waals surface area (Å²) in [5, 5.41) is 115. The molecule has 712 valence electrons. The summed E-state index contributed by atoms with van der Waals surface area (Å²) in [6, 6.07) is -1.48. The van der Waals surface area contributed by atoms with Crippen LogP contribution in [0.15, 0.2) is 85.1 Å². The molecule has 0 unspecified atom stereocenters. The fourth-order valence-electron chi connectivity index (χ4n) is 12.7. The van der Waals surface area contributed by atoms with Gasteiger partial charge >= 0.3 is 41.8 Å². The van der Waals surface area contributed by atoms with Gasteiger partial charge in [-0.2, -0.15) is 11.8 Å². The van der Waals surface area contributed by atoms with Crippen LogP contribution in [0.4, 0.5) is 0 Å². The minimum atomic E-state index is -2.13. The summed E-state index contributed by atoms with van der Waals surface area (Å²) in [6.45, 7) is 0.913. The average molecular weight is 1850 g/mol. The number of thioether (sulfide) groups is 1. The molecule has 130 heavy (non-hydrogen) atoms. The molecule has 1 heterocycles. The highest BCUT2D eigenvalue weighted by molar-refractivity contribution is 7.98. The summed E-state index contributed by atoms with van der Waals surface area (Å²) >= 11 is 1.24. The third-order valence-electron chi connectivity index (χ3n) is 19.6. The van der Waals surface area contributed by atoms with Crippen molar-refractivity contribution in [2.24, 2.45) is 23.1 Å². The lowest BCUT2D eigenvalue weighted by Crippen LogP contribution is -2.60. The second kappa shape index (κ2) is 57.0. The summed E-state index contributed by atoms with van der Waals surface area (Å²) in [5.41, 5.74) is 18.7. The number of carboxylic acid groups (broad SMARTS) is 7. The van der Waals surface area contributed by atoms with Crippen molar-refractivity contribution in [3.05, 3.63) is 102 Å². The number of carbonyl (C=O) groups excluding carboxylic acids is 14. The molecular formula is C81H113N19O29S. The van der Waals surface area contributed by atoms with E-state index >= 15 is 0 Å². The monoisotopic (exact) mass is 1850 g/mol. The number of aliphatic carboxylic acids is 7. The first-order chi connectivity index (χ1) is 61.6. The van der Waals surface area contributed by atoms with Crippen molar-refractivity contribution in [3.63, 3.8) is 0 Å². The Labute approximate surface area is 747 Å². The predicted octanol–water partition coefficient (Wildman–Crippen LogP) is -6.53. The van der Waals surface area contributed by atoms with Gasteiger partial charge in [-0.15, -0.1) is 0 Å². The molecule has 14 amide bonds. The van der Waals surface area contributed by atoms with Gasteiger partial charge in [-0.05, 0) is 98.8 Å². The summed E-state index contributed by atoms with van der Waals surface area (Å²) < 4.78 is 0. The third-order valence-corrected chi connectivity index (χ3v) is 20.3. The maximum atomic E-state index is 14.6. The molecule has 30 N–H and O–H groups in total. The molecule has 0 saturated carbocycles. The SMILES string of the molecule is CSCC[C@H](NC(=O)[C@H](Cc1c[nH]c2ccccc12)NC(=O)CNC(=O)[C@H](Cc1ccc(O)cc1)NC(=O)[C@H](C)NC(=O)[C@H](CCC(=O)O)NC(=O)[C@H](CCC(=O)O)NC(=O)[C@H](CCC(=O)O)NC(=O)[C@H](CCC(=O)O)NC(=O)[C@H](CCC(=O)O)NC(=O)[C@@H](CCC(=O)O)NC(=O)C(CNCCN)CNCCN)C(=O)N[C@@H](CC(=O)O)C(=O)N[C@@H](Cc1ccccc1)C(N)=O. The van der Waals surface area contributed by atoms with Crippen LogP contribution < -0.4 is 97.0 Å². The van der Waals surface area contributed by atoms with Crippen LogP contribution in [0.5, 0.6) is 5.75 Å². The second-order valence-corrected chi connectivity index (χ2v) is 30.8. The van der Waals surface area contributed by atoms with Gasteiger partial charge in [-0.3, -0.25) is 101 Å². The number of aromatic nitrogens is 1. The number of hydrogen-bond acceptors (Lipinski definition) is 27. The van der Waals surface area contributed by atoms with E-state index in [2.05, 4.69) is 84.7 Å². The molecule has 4 aromatic rings. The number of phenols is 1. The van der Waals surface area contributed by atoms with Crippen LogP contribution >= 0.6 is 11.8 Å². The molecule has 0 aliphatic heterocycles. The number of primary amides is 1. The van der Waals surface area contributed by atoms with E-state index in [9.17, 15) is 142 Å². The zero-order chi connectivity index (χ0) is 96.7. The topological polar surface area (TPSA) is 795 Å². The highest BCUT2D eigenvalue weighted by atomic mass is 32.2. The molecule has 0 aliphatic carbocycles. The number of fused-ring (bicyclic) bond motifs is 1. The van der Waals surface area contributed by atoms with E-state index in [1.165, 1.54) is 36.0 Å². The highest BCUT2D eigenvalue weighted by Gasteiger charge is 2.39. The van der Waals surface area contributed by atoms with Crippen LogP contribution in [0.3, 0.4) is 0 Å². The lowest BCUT2D eigenvalue weighted by Gasteiger charge is -2.28. The number of aromatic amines is 1. The largest absolute Gasteiger partial charge is 0.508 e. The van der Waals surface area contributed by atoms with Gasteiger partial charge in [0.05, 0.1) is 18.9 Å². The first-order valence-electron chi connectivity index (χ1n) is 41.0. The number of hydrogen-bond donors (Lipinski definition) is 27. The Kier molecular flexibility index (Phi) is 47.5. The van der Waals surface area contributed by atoms with Crippen LogP contribution in [0.2, 0.25) is 0 Å². The Hall–Kier alpha value is -13.9. The quantitative estimate of drug-likeness (QED) is 0.0183. The Morgan fingerprint density at radius 2 is 0.715 bits per heavy atom. The van der Waals surface area contributed by atoms with Gasteiger partial charge in [0.15, 0.2) is 0 Å². The number of carboxylic acids is 7. The Bertz CT molecular complexity index is 4590. The standard InChI is InChI=1S/C81H113N19O29S/c1-42(70(118)99-58(35-44-12-14-47(101)15-13-44)72(120)88-41-61(102)90-59(36-45-40-87-49-11-7-6-10-48(45)49)80(128)97-56(28-33-130-2)79(127)100-60(37-68(115)116)81(129)98-57(69(84)117)34-43-8-4-3-5-9-43)89-73(121)50(16-22-62(103)104)92-75(123)52(18-24-64(107)108)94-77(125)54(20-26-66(111)112)96-78(126)55(21-27-67(113)114)95-76(124)53(19-25-65(109)110)93-74(122)51(17-23-63(105)106)91-71(119)46(38-85-31-29-82)39-86-32-30-83/h3-15,40,42,46,50-60,85-87,101H,16-39,41,82-83H2,1-2H3,(H2,84,117)(H,88,120)(H,89,121)(H,90,102)(H,91,119)(H,92,123)(H,93,122)(H,94,125)(H,95,124)(H,96,126)(H,97,128)(H,98,129)(H,99,118)(H,100,127)(H,103,104)(H,105,106)(H,107,108)(H,109,110)(H,111,112)(H,113,114)(H,115,116)/t42-,50-,51+,52-,53-,54-,55-,56-,57-,58-,59-,60-/m0/s1. The summed E-state index contributed by atoms with van der Waals surface area (Å²) in [4.78, 5) is 284. The summed E-state index contributed by atoms with van der Waals surface area (Å²) in [7, 11) is 0. The first-order valence-corrected chi connectivity index (χ1v) is 42.4. The van der Waals surface area contributed by atoms with Crippen LogP contribution in [-0.4, -0.2) is 301 Å². The van der Waals surface area contributed by atoms with Gasteiger partial charge in [-0.25, -0.2) is 0 Å². The number of aromatic hydroxyl groups is 1. The Morgan fingerprint density at radius 1 is 0.369 bits per heavy atom. The Morgan fingerprint density at radius 3 is 1.12 bits per heavy atom. The van der Waals surface area contributed by atoms with Gasteiger partial charge in [0.2, 0.25) is 82.7 Å². The predicted molar refractivity (Wildman–Crippen MR) is 459 cm³/mol. The summed E-state index contributed by atoms with van der Waals surface area (Å²) in [6.07, 6.45) is -9.00. The second-order valence-electron chi connectivity index (χ2n) is 29.9. The van der Waals surface area contributed by atoms with Gasteiger partial charge in [-0.1, -0.05) is 60.7 Å². The van der Waals surface area contributed by atoms with E-state index in [0.29, 0.717) is 22.0 Å². The van der Waals surface area contributed by atoms with Crippen molar-refractivity contribution in [3.8, 4) is 5.75 Å². The fraction of sp³-hybridized carbons (Fsp3) is 0.494. The number of H-pyrrole nitrogens is 1. The molecule has 0 radical (unpaired) electrons. The van der Waals surface area contributed by atoms with Crippen molar-refractivity contribution < 1.29 is 142 Å². The number of para-hydroxylation sites is 1. The van der Waals surface area contributed by atoms with Crippen LogP contribution in [0.25, 0.3) is 10.9 Å². The molecule has 0 saturated heterocycles. The fourth-order valence-corrected chi connectivity index (χ4v) is 13.2. The third kappa shape index (κ3) is 40.8. The van der Waals surface area contributed by atoms with E-state index in [0.717, 1.165) is 6.92 Å². The molecule has 3 aromatic carbocycles. The number of amides is 14. The first kappa shape index (κ1) is 108. The average Bonchev–Trinajstić information content (AvgIpc) is 1.67. The number of nitrogens with two attached hydrogens (primary N) is 3. The zero-order valence-electron chi connectivity index (χ0n) is 71.1. The highest BCUT2D eigenvalue weighted by Crippen LogP contribution is 2.21. The molecule has 4 rings (SSSR count). The molecule has 0 fully saturated rings. The van der Waals surface area contributed by atoms with Gasteiger partial charge in [0.25, 0.3) is 0 Å². The number of nitrogens with one attached hydrogen (secondary N) is 16.